The van der Waals surface area contributed by atoms with Gasteiger partial charge < -0.3 is 10.1 Å². The Kier molecular flexibility index (Phi) is 5.93. The molecule has 0 saturated heterocycles. The van der Waals surface area contributed by atoms with Gasteiger partial charge in [0.2, 0.25) is 0 Å². The molecule has 24 heavy (non-hydrogen) atoms. The first-order chi connectivity index (χ1) is 11.3. The monoisotopic (exact) mass is 325 g/mol. The Hall–Kier alpha value is -1.96. The zero-order valence-electron chi connectivity index (χ0n) is 15.9. The summed E-state index contributed by atoms with van der Waals surface area (Å²) in [7, 11) is 0. The molecule has 0 fully saturated rings. The van der Waals surface area contributed by atoms with Gasteiger partial charge in [0.25, 0.3) is 0 Å². The molecule has 2 nitrogen and oxygen atoms in total. The van der Waals surface area contributed by atoms with Gasteiger partial charge in [-0.25, -0.2) is 0 Å². The van der Waals surface area contributed by atoms with E-state index in [4.69, 9.17) is 4.74 Å². The summed E-state index contributed by atoms with van der Waals surface area (Å²) < 4.78 is 6.04. The van der Waals surface area contributed by atoms with Crippen molar-refractivity contribution in [2.75, 3.05) is 11.9 Å². The average molecular weight is 325 g/mol. The SMILES string of the molecule is CC(C)c1ccccc1NC[C@@H](C)Oc1ccc(C(C)(C)C)cc1. The van der Waals surface area contributed by atoms with Crippen molar-refractivity contribution in [3.8, 4) is 5.75 Å². The zero-order chi connectivity index (χ0) is 17.7. The highest BCUT2D eigenvalue weighted by atomic mass is 16.5. The zero-order valence-corrected chi connectivity index (χ0v) is 15.9. The number of anilines is 1. The minimum Gasteiger partial charge on any atom is -0.489 e. The summed E-state index contributed by atoms with van der Waals surface area (Å²) in [5.74, 6) is 1.43. The van der Waals surface area contributed by atoms with Crippen molar-refractivity contribution in [2.24, 2.45) is 0 Å². The van der Waals surface area contributed by atoms with Crippen LogP contribution in [0.15, 0.2) is 48.5 Å². The third-order valence-corrected chi connectivity index (χ3v) is 4.22. The van der Waals surface area contributed by atoms with Gasteiger partial charge in [-0.15, -0.1) is 0 Å². The number of benzene rings is 2. The maximum absolute atomic E-state index is 6.04. The molecule has 0 radical (unpaired) electrons. The highest BCUT2D eigenvalue weighted by Gasteiger charge is 2.13. The second-order valence-electron chi connectivity index (χ2n) is 7.83. The number of hydrogen-bond donors (Lipinski definition) is 1. The number of hydrogen-bond acceptors (Lipinski definition) is 2. The summed E-state index contributed by atoms with van der Waals surface area (Å²) in [4.78, 5) is 0. The number of ether oxygens (including phenoxy) is 1. The summed E-state index contributed by atoms with van der Waals surface area (Å²) in [5, 5.41) is 3.53. The minimum absolute atomic E-state index is 0.103. The van der Waals surface area contributed by atoms with Gasteiger partial charge in [-0.3, -0.25) is 0 Å². The lowest BCUT2D eigenvalue weighted by molar-refractivity contribution is 0.234. The van der Waals surface area contributed by atoms with Crippen molar-refractivity contribution in [3.05, 3.63) is 59.7 Å². The van der Waals surface area contributed by atoms with Crippen LogP contribution in [0, 0.1) is 0 Å². The first-order valence-electron chi connectivity index (χ1n) is 8.87. The molecule has 0 amide bonds. The first-order valence-corrected chi connectivity index (χ1v) is 8.87. The Morgan fingerprint density at radius 1 is 0.917 bits per heavy atom. The highest BCUT2D eigenvalue weighted by molar-refractivity contribution is 5.52. The van der Waals surface area contributed by atoms with E-state index in [2.05, 4.69) is 95.4 Å². The lowest BCUT2D eigenvalue weighted by atomic mass is 9.87. The van der Waals surface area contributed by atoms with Crippen LogP contribution in [0.2, 0.25) is 0 Å². The van der Waals surface area contributed by atoms with Crippen molar-refractivity contribution in [1.29, 1.82) is 0 Å². The smallest absolute Gasteiger partial charge is 0.119 e. The van der Waals surface area contributed by atoms with Gasteiger partial charge in [0, 0.05) is 5.69 Å². The van der Waals surface area contributed by atoms with E-state index < -0.39 is 0 Å². The Balaban J connectivity index is 1.93. The second kappa shape index (κ2) is 7.74. The third kappa shape index (κ3) is 5.02. The predicted octanol–water partition coefficient (Wildman–Crippen LogP) is 5.99. The quantitative estimate of drug-likeness (QED) is 0.704. The van der Waals surface area contributed by atoms with Crippen molar-refractivity contribution < 1.29 is 4.74 Å². The van der Waals surface area contributed by atoms with Gasteiger partial charge in [-0.1, -0.05) is 65.0 Å². The molecule has 2 aromatic carbocycles. The van der Waals surface area contributed by atoms with Gasteiger partial charge in [-0.05, 0) is 47.6 Å². The van der Waals surface area contributed by atoms with Crippen LogP contribution in [0.5, 0.6) is 5.75 Å². The summed E-state index contributed by atoms with van der Waals surface area (Å²) in [6.07, 6.45) is 0.103. The maximum atomic E-state index is 6.04. The molecule has 1 atom stereocenters. The van der Waals surface area contributed by atoms with Crippen LogP contribution in [-0.4, -0.2) is 12.6 Å². The molecule has 0 aromatic heterocycles. The molecule has 1 N–H and O–H groups in total. The molecule has 0 heterocycles. The molecular formula is C22H31NO. The fraction of sp³-hybridized carbons (Fsp3) is 0.455. The van der Waals surface area contributed by atoms with E-state index in [1.54, 1.807) is 0 Å². The molecular weight excluding hydrogens is 294 g/mol. The summed E-state index contributed by atoms with van der Waals surface area (Å²) >= 11 is 0. The fourth-order valence-electron chi connectivity index (χ4n) is 2.72. The van der Waals surface area contributed by atoms with Gasteiger partial charge in [-0.2, -0.15) is 0 Å². The van der Waals surface area contributed by atoms with E-state index in [1.807, 2.05) is 0 Å². The van der Waals surface area contributed by atoms with Crippen LogP contribution in [0.25, 0.3) is 0 Å². The normalized spacial score (nSPS) is 13.0. The van der Waals surface area contributed by atoms with E-state index in [1.165, 1.54) is 16.8 Å². The molecule has 0 unspecified atom stereocenters. The topological polar surface area (TPSA) is 21.3 Å². The maximum Gasteiger partial charge on any atom is 0.119 e. The molecule has 2 aromatic rings. The number of rotatable bonds is 6. The second-order valence-corrected chi connectivity index (χ2v) is 7.83. The highest BCUT2D eigenvalue weighted by Crippen LogP contribution is 2.25. The van der Waals surface area contributed by atoms with E-state index in [9.17, 15) is 0 Å². The third-order valence-electron chi connectivity index (χ3n) is 4.22. The largest absolute Gasteiger partial charge is 0.489 e. The van der Waals surface area contributed by atoms with Crippen LogP contribution >= 0.6 is 0 Å². The van der Waals surface area contributed by atoms with Crippen LogP contribution in [-0.2, 0) is 5.41 Å². The standard InChI is InChI=1S/C22H31NO/c1-16(2)20-9-7-8-10-21(20)23-15-17(3)24-19-13-11-18(12-14-19)22(4,5)6/h7-14,16-17,23H,15H2,1-6H3/t17-/m1/s1. The summed E-state index contributed by atoms with van der Waals surface area (Å²) in [5.41, 5.74) is 4.04. The average Bonchev–Trinajstić information content (AvgIpc) is 2.53. The summed E-state index contributed by atoms with van der Waals surface area (Å²) in [6.45, 7) is 14.0. The summed E-state index contributed by atoms with van der Waals surface area (Å²) in [6, 6.07) is 16.9. The number of nitrogens with one attached hydrogen (secondary N) is 1. The fourth-order valence-corrected chi connectivity index (χ4v) is 2.72. The van der Waals surface area contributed by atoms with Crippen molar-refractivity contribution in [2.45, 2.75) is 59.0 Å². The molecule has 0 aliphatic heterocycles. The first kappa shape index (κ1) is 18.4. The Labute approximate surface area is 147 Å². The Morgan fingerprint density at radius 3 is 2.12 bits per heavy atom. The molecule has 2 rings (SSSR count). The van der Waals surface area contributed by atoms with Crippen molar-refractivity contribution in [3.63, 3.8) is 0 Å². The Morgan fingerprint density at radius 2 is 1.54 bits per heavy atom. The molecule has 0 bridgehead atoms. The van der Waals surface area contributed by atoms with Crippen LogP contribution in [0.1, 0.15) is 58.6 Å². The van der Waals surface area contributed by atoms with Crippen LogP contribution in [0.3, 0.4) is 0 Å². The van der Waals surface area contributed by atoms with Crippen LogP contribution in [0.4, 0.5) is 5.69 Å². The van der Waals surface area contributed by atoms with E-state index in [-0.39, 0.29) is 11.5 Å². The minimum atomic E-state index is 0.103. The lowest BCUT2D eigenvalue weighted by Crippen LogP contribution is -2.23. The van der Waals surface area contributed by atoms with Crippen LogP contribution < -0.4 is 10.1 Å². The van der Waals surface area contributed by atoms with E-state index in [0.717, 1.165) is 12.3 Å². The lowest BCUT2D eigenvalue weighted by Gasteiger charge is -2.21. The van der Waals surface area contributed by atoms with Gasteiger partial charge >= 0.3 is 0 Å². The molecule has 2 heteroatoms. The van der Waals surface area contributed by atoms with Crippen molar-refractivity contribution >= 4 is 5.69 Å². The van der Waals surface area contributed by atoms with Gasteiger partial charge in [0.15, 0.2) is 0 Å². The molecule has 0 aliphatic rings. The van der Waals surface area contributed by atoms with Gasteiger partial charge in [0.1, 0.15) is 11.9 Å². The van der Waals surface area contributed by atoms with E-state index in [0.29, 0.717) is 5.92 Å². The molecule has 0 aliphatic carbocycles. The molecule has 0 spiro atoms. The van der Waals surface area contributed by atoms with Gasteiger partial charge in [0.05, 0.1) is 6.54 Å². The molecule has 0 saturated carbocycles. The van der Waals surface area contributed by atoms with Crippen molar-refractivity contribution in [1.82, 2.24) is 0 Å². The van der Waals surface area contributed by atoms with E-state index >= 15 is 0 Å². The predicted molar refractivity (Wildman–Crippen MR) is 104 cm³/mol. The Bertz CT molecular complexity index is 638. The molecule has 130 valence electrons. The number of para-hydroxylation sites is 1.